The Labute approximate surface area is 156 Å². The fourth-order valence-electron chi connectivity index (χ4n) is 2.85. The zero-order valence-electron chi connectivity index (χ0n) is 15.0. The molecule has 2 amide bonds. The van der Waals surface area contributed by atoms with Gasteiger partial charge in [-0.05, 0) is 35.9 Å². The van der Waals surface area contributed by atoms with Gasteiger partial charge in [0, 0.05) is 37.9 Å². The van der Waals surface area contributed by atoms with E-state index in [1.807, 2.05) is 0 Å². The highest BCUT2D eigenvalue weighted by atomic mass is 19.1. The quantitative estimate of drug-likeness (QED) is 0.844. The van der Waals surface area contributed by atoms with Crippen molar-refractivity contribution in [2.45, 2.75) is 13.1 Å². The van der Waals surface area contributed by atoms with Gasteiger partial charge in [0.25, 0.3) is 11.8 Å². The molecule has 142 valence electrons. The monoisotopic (exact) mass is 372 g/mol. The number of nitrogens with zero attached hydrogens (tertiary/aromatic N) is 1. The molecule has 0 unspecified atom stereocenters. The minimum atomic E-state index is -0.343. The molecule has 0 aromatic heterocycles. The van der Waals surface area contributed by atoms with Gasteiger partial charge in [0.15, 0.2) is 6.61 Å². The molecule has 0 atom stereocenters. The van der Waals surface area contributed by atoms with Gasteiger partial charge in [-0.15, -0.1) is 0 Å². The first-order valence-corrected chi connectivity index (χ1v) is 8.62. The lowest BCUT2D eigenvalue weighted by Gasteiger charge is -2.19. The zero-order chi connectivity index (χ0) is 19.2. The number of hydrogen-bond donors (Lipinski definition) is 1. The van der Waals surface area contributed by atoms with Crippen molar-refractivity contribution in [2.75, 3.05) is 26.9 Å². The van der Waals surface area contributed by atoms with Crippen molar-refractivity contribution in [3.05, 3.63) is 65.0 Å². The Kier molecular flexibility index (Phi) is 6.03. The second kappa shape index (κ2) is 8.64. The number of ether oxygens (including phenoxy) is 2. The summed E-state index contributed by atoms with van der Waals surface area (Å²) in [5.74, 6) is -0.156. The number of methoxy groups -OCH3 is 1. The summed E-state index contributed by atoms with van der Waals surface area (Å²) in [6.07, 6.45) is 0. The van der Waals surface area contributed by atoms with E-state index in [1.165, 1.54) is 12.1 Å². The highest BCUT2D eigenvalue weighted by molar-refractivity contribution is 5.94. The molecule has 2 aromatic carbocycles. The fraction of sp³-hybridized carbons (Fsp3) is 0.300. The minimum absolute atomic E-state index is 0.0399. The normalized spacial score (nSPS) is 13.6. The molecule has 1 heterocycles. The molecule has 6 nitrogen and oxygen atoms in total. The van der Waals surface area contributed by atoms with Crippen LogP contribution in [-0.4, -0.2) is 43.6 Å². The Morgan fingerprint density at radius 2 is 2.15 bits per heavy atom. The topological polar surface area (TPSA) is 67.9 Å². The molecule has 2 aromatic rings. The molecule has 0 saturated heterocycles. The molecular weight excluding hydrogens is 351 g/mol. The highest BCUT2D eigenvalue weighted by Gasteiger charge is 2.22. The van der Waals surface area contributed by atoms with Gasteiger partial charge in [-0.3, -0.25) is 9.59 Å². The van der Waals surface area contributed by atoms with Crippen molar-refractivity contribution < 1.29 is 23.5 Å². The first kappa shape index (κ1) is 18.8. The zero-order valence-corrected chi connectivity index (χ0v) is 15.0. The van der Waals surface area contributed by atoms with E-state index in [4.69, 9.17) is 9.47 Å². The number of hydrogen-bond acceptors (Lipinski definition) is 4. The molecule has 7 heteroatoms. The fourth-order valence-corrected chi connectivity index (χ4v) is 2.85. The molecule has 1 aliphatic heterocycles. The van der Waals surface area contributed by atoms with Crippen LogP contribution in [0.5, 0.6) is 5.75 Å². The molecule has 0 fully saturated rings. The maximum atomic E-state index is 13.2. The highest BCUT2D eigenvalue weighted by Crippen LogP contribution is 2.24. The summed E-state index contributed by atoms with van der Waals surface area (Å²) >= 11 is 0. The molecule has 0 bridgehead atoms. The van der Waals surface area contributed by atoms with Crippen molar-refractivity contribution in [3.8, 4) is 5.75 Å². The number of carbonyl (C=O) groups is 2. The molecule has 3 rings (SSSR count). The van der Waals surface area contributed by atoms with E-state index in [-0.39, 0.29) is 30.8 Å². The third-order valence-corrected chi connectivity index (χ3v) is 4.30. The molecule has 1 aliphatic rings. The predicted octanol–water partition coefficient (Wildman–Crippen LogP) is 2.12. The van der Waals surface area contributed by atoms with Crippen LogP contribution in [0, 0.1) is 5.82 Å². The van der Waals surface area contributed by atoms with Crippen molar-refractivity contribution in [3.63, 3.8) is 0 Å². The van der Waals surface area contributed by atoms with Crippen LogP contribution in [0.3, 0.4) is 0 Å². The molecule has 1 N–H and O–H groups in total. The number of halogens is 1. The predicted molar refractivity (Wildman–Crippen MR) is 96.8 cm³/mol. The molecule has 0 aliphatic carbocycles. The van der Waals surface area contributed by atoms with E-state index in [1.54, 1.807) is 42.3 Å². The number of carbonyl (C=O) groups excluding carboxylic acids is 2. The summed E-state index contributed by atoms with van der Waals surface area (Å²) < 4.78 is 23.8. The largest absolute Gasteiger partial charge is 0.483 e. The summed E-state index contributed by atoms with van der Waals surface area (Å²) in [6, 6.07) is 11.1. The van der Waals surface area contributed by atoms with Gasteiger partial charge in [-0.2, -0.15) is 0 Å². The molecule has 0 radical (unpaired) electrons. The molecule has 0 saturated carbocycles. The van der Waals surface area contributed by atoms with Gasteiger partial charge in [0.1, 0.15) is 11.6 Å². The average Bonchev–Trinajstić information content (AvgIpc) is 2.83. The van der Waals surface area contributed by atoms with Crippen molar-refractivity contribution >= 4 is 11.8 Å². The Hall–Kier alpha value is -2.93. The van der Waals surface area contributed by atoms with Gasteiger partial charge in [0.05, 0.1) is 6.61 Å². The van der Waals surface area contributed by atoms with Crippen LogP contribution < -0.4 is 10.1 Å². The van der Waals surface area contributed by atoms with E-state index < -0.39 is 0 Å². The minimum Gasteiger partial charge on any atom is -0.483 e. The number of benzene rings is 2. The Balaban J connectivity index is 1.70. The van der Waals surface area contributed by atoms with Crippen LogP contribution in [0.25, 0.3) is 0 Å². The number of rotatable bonds is 6. The van der Waals surface area contributed by atoms with Gasteiger partial charge < -0.3 is 19.7 Å². The summed E-state index contributed by atoms with van der Waals surface area (Å²) in [5, 5.41) is 2.77. The first-order valence-electron chi connectivity index (χ1n) is 8.62. The third-order valence-electron chi connectivity index (χ3n) is 4.30. The Morgan fingerprint density at radius 3 is 2.93 bits per heavy atom. The maximum absolute atomic E-state index is 13.2. The molecular formula is C20H21FN2O4. The average molecular weight is 372 g/mol. The van der Waals surface area contributed by atoms with Crippen LogP contribution in [-0.2, 0) is 22.6 Å². The van der Waals surface area contributed by atoms with E-state index in [0.29, 0.717) is 36.6 Å². The number of fused-ring (bicyclic) bond motifs is 1. The maximum Gasteiger partial charge on any atom is 0.260 e. The lowest BCUT2D eigenvalue weighted by Crippen LogP contribution is -2.34. The van der Waals surface area contributed by atoms with Crippen molar-refractivity contribution in [1.29, 1.82) is 0 Å². The third kappa shape index (κ3) is 4.83. The number of nitrogens with one attached hydrogen (secondary N) is 1. The standard InChI is InChI=1S/C20H21FN2O4/c1-26-8-7-23-12-16-10-15(5-6-18(16)27-13-19(23)24)20(25)22-11-14-3-2-4-17(21)9-14/h2-6,9-10H,7-8,11-13H2,1H3,(H,22,25). The van der Waals surface area contributed by atoms with Crippen LogP contribution >= 0.6 is 0 Å². The second-order valence-electron chi connectivity index (χ2n) is 6.23. The summed E-state index contributed by atoms with van der Waals surface area (Å²) in [6.45, 7) is 1.41. The van der Waals surface area contributed by atoms with Crippen molar-refractivity contribution in [2.24, 2.45) is 0 Å². The summed E-state index contributed by atoms with van der Waals surface area (Å²) in [5.41, 5.74) is 1.89. The van der Waals surface area contributed by atoms with Crippen molar-refractivity contribution in [1.82, 2.24) is 10.2 Å². The lowest BCUT2D eigenvalue weighted by molar-refractivity contribution is -0.133. The van der Waals surface area contributed by atoms with Crippen LogP contribution in [0.15, 0.2) is 42.5 Å². The van der Waals surface area contributed by atoms with Gasteiger partial charge in [-0.1, -0.05) is 12.1 Å². The van der Waals surface area contributed by atoms with E-state index >= 15 is 0 Å². The summed E-state index contributed by atoms with van der Waals surface area (Å²) in [4.78, 5) is 26.2. The van der Waals surface area contributed by atoms with Crippen LogP contribution in [0.4, 0.5) is 4.39 Å². The molecule has 27 heavy (non-hydrogen) atoms. The second-order valence-corrected chi connectivity index (χ2v) is 6.23. The van der Waals surface area contributed by atoms with Gasteiger partial charge >= 0.3 is 0 Å². The smallest absolute Gasteiger partial charge is 0.260 e. The van der Waals surface area contributed by atoms with Crippen LogP contribution in [0.2, 0.25) is 0 Å². The van der Waals surface area contributed by atoms with E-state index in [9.17, 15) is 14.0 Å². The van der Waals surface area contributed by atoms with Crippen LogP contribution in [0.1, 0.15) is 21.5 Å². The number of amides is 2. The van der Waals surface area contributed by atoms with Gasteiger partial charge in [-0.25, -0.2) is 4.39 Å². The van der Waals surface area contributed by atoms with Gasteiger partial charge in [0.2, 0.25) is 0 Å². The lowest BCUT2D eigenvalue weighted by atomic mass is 10.1. The SMILES string of the molecule is COCCN1Cc2cc(C(=O)NCc3cccc(F)c3)ccc2OCC1=O. The summed E-state index contributed by atoms with van der Waals surface area (Å²) in [7, 11) is 1.58. The first-order chi connectivity index (χ1) is 13.1. The molecule has 0 spiro atoms. The Bertz CT molecular complexity index is 840. The Morgan fingerprint density at radius 1 is 1.30 bits per heavy atom. The van der Waals surface area contributed by atoms with E-state index in [0.717, 1.165) is 5.56 Å². The van der Waals surface area contributed by atoms with E-state index in [2.05, 4.69) is 5.32 Å².